The average Bonchev–Trinajstić information content (AvgIpc) is 2.03. The van der Waals surface area contributed by atoms with Gasteiger partial charge in [-0.05, 0) is 23.5 Å². The highest BCUT2D eigenvalue weighted by Crippen LogP contribution is 2.22. The van der Waals surface area contributed by atoms with Crippen molar-refractivity contribution in [3.05, 3.63) is 35.4 Å². The van der Waals surface area contributed by atoms with Crippen LogP contribution in [0.5, 0.6) is 0 Å². The Morgan fingerprint density at radius 2 is 1.50 bits per heavy atom. The van der Waals surface area contributed by atoms with Crippen LogP contribution in [0.3, 0.4) is 0 Å². The van der Waals surface area contributed by atoms with E-state index in [0.717, 1.165) is 5.56 Å². The highest BCUT2D eigenvalue weighted by Gasteiger charge is 2.12. The molecule has 0 heterocycles. The van der Waals surface area contributed by atoms with Gasteiger partial charge in [0.15, 0.2) is 0 Å². The van der Waals surface area contributed by atoms with Crippen LogP contribution in [0.1, 0.15) is 46.2 Å². The Kier molecular flexibility index (Phi) is 4.06. The summed E-state index contributed by atoms with van der Waals surface area (Å²) in [6, 6.07) is 8.24. The van der Waals surface area contributed by atoms with Crippen LogP contribution in [-0.2, 0) is 5.41 Å². The van der Waals surface area contributed by atoms with E-state index < -0.39 is 0 Å². The van der Waals surface area contributed by atoms with E-state index in [4.69, 9.17) is 5.41 Å². The van der Waals surface area contributed by atoms with Crippen molar-refractivity contribution in [1.29, 1.82) is 5.41 Å². The first-order chi connectivity index (χ1) is 5.91. The van der Waals surface area contributed by atoms with Crippen LogP contribution in [0.25, 0.3) is 0 Å². The minimum atomic E-state index is 0. The molecule has 0 saturated carbocycles. The summed E-state index contributed by atoms with van der Waals surface area (Å²) in [5.74, 6) is 0. The molecule has 0 aliphatic rings. The van der Waals surface area contributed by atoms with Crippen LogP contribution in [0.4, 0.5) is 0 Å². The molecule has 0 saturated heterocycles. The molecular formula is C13H21N. The van der Waals surface area contributed by atoms with E-state index in [-0.39, 0.29) is 12.8 Å². The van der Waals surface area contributed by atoms with E-state index in [0.29, 0.717) is 5.71 Å². The number of hydrogen-bond donors (Lipinski definition) is 1. The third kappa shape index (κ3) is 2.99. The molecular weight excluding hydrogens is 170 g/mol. The van der Waals surface area contributed by atoms with Crippen molar-refractivity contribution in [3.63, 3.8) is 0 Å². The zero-order valence-electron chi connectivity index (χ0n) is 8.81. The molecule has 0 aliphatic carbocycles. The van der Waals surface area contributed by atoms with Gasteiger partial charge in [0, 0.05) is 5.71 Å². The largest absolute Gasteiger partial charge is 0.305 e. The maximum Gasteiger partial charge on any atom is 0.0355 e. The average molecular weight is 191 g/mol. The standard InChI is InChI=1S/C12H17N.CH4/c1-9(13)10-5-7-11(8-6-10)12(2,3)4;/h5-8,13H,1-4H3;1H4. The third-order valence-electron chi connectivity index (χ3n) is 2.18. The zero-order chi connectivity index (χ0) is 10.1. The van der Waals surface area contributed by atoms with Gasteiger partial charge in [0.25, 0.3) is 0 Å². The number of rotatable bonds is 1. The summed E-state index contributed by atoms with van der Waals surface area (Å²) in [5.41, 5.74) is 3.15. The van der Waals surface area contributed by atoms with Gasteiger partial charge < -0.3 is 5.41 Å². The molecule has 0 unspecified atom stereocenters. The molecule has 78 valence electrons. The second kappa shape index (κ2) is 4.41. The second-order valence-corrected chi connectivity index (χ2v) is 4.45. The lowest BCUT2D eigenvalue weighted by Crippen LogP contribution is -2.10. The highest BCUT2D eigenvalue weighted by molar-refractivity contribution is 5.96. The van der Waals surface area contributed by atoms with Gasteiger partial charge in [0.05, 0.1) is 0 Å². The smallest absolute Gasteiger partial charge is 0.0355 e. The molecule has 1 aromatic carbocycles. The topological polar surface area (TPSA) is 23.9 Å². The van der Waals surface area contributed by atoms with Gasteiger partial charge in [-0.1, -0.05) is 52.5 Å². The first-order valence-electron chi connectivity index (χ1n) is 4.57. The predicted molar refractivity (Wildman–Crippen MR) is 64.4 cm³/mol. The lowest BCUT2D eigenvalue weighted by Gasteiger charge is -2.18. The Morgan fingerprint density at radius 1 is 1.07 bits per heavy atom. The fraction of sp³-hybridized carbons (Fsp3) is 0.462. The van der Waals surface area contributed by atoms with Crippen molar-refractivity contribution in [1.82, 2.24) is 0 Å². The van der Waals surface area contributed by atoms with Gasteiger partial charge in [-0.15, -0.1) is 0 Å². The van der Waals surface area contributed by atoms with Crippen molar-refractivity contribution in [2.24, 2.45) is 0 Å². The molecule has 1 rings (SSSR count). The summed E-state index contributed by atoms with van der Waals surface area (Å²) >= 11 is 0. The molecule has 1 heteroatoms. The van der Waals surface area contributed by atoms with Gasteiger partial charge in [0.1, 0.15) is 0 Å². The summed E-state index contributed by atoms with van der Waals surface area (Å²) in [6.45, 7) is 8.39. The second-order valence-electron chi connectivity index (χ2n) is 4.45. The number of hydrogen-bond acceptors (Lipinski definition) is 1. The van der Waals surface area contributed by atoms with Crippen LogP contribution in [0.2, 0.25) is 0 Å². The van der Waals surface area contributed by atoms with Crippen LogP contribution >= 0.6 is 0 Å². The first-order valence-corrected chi connectivity index (χ1v) is 4.57. The molecule has 0 aromatic heterocycles. The molecule has 0 amide bonds. The molecule has 0 bridgehead atoms. The van der Waals surface area contributed by atoms with Crippen molar-refractivity contribution in [3.8, 4) is 0 Å². The summed E-state index contributed by atoms with van der Waals surface area (Å²) in [6.07, 6.45) is 0. The van der Waals surface area contributed by atoms with Crippen molar-refractivity contribution in [2.75, 3.05) is 0 Å². The summed E-state index contributed by atoms with van der Waals surface area (Å²) < 4.78 is 0. The molecule has 1 nitrogen and oxygen atoms in total. The Bertz CT molecular complexity index is 301. The van der Waals surface area contributed by atoms with Gasteiger partial charge in [-0.2, -0.15) is 0 Å². The molecule has 1 N–H and O–H groups in total. The Labute approximate surface area is 87.7 Å². The van der Waals surface area contributed by atoms with Crippen LogP contribution in [-0.4, -0.2) is 5.71 Å². The highest BCUT2D eigenvalue weighted by atomic mass is 14.4. The van der Waals surface area contributed by atoms with Gasteiger partial charge in [-0.3, -0.25) is 0 Å². The minimum absolute atomic E-state index is 0. The lowest BCUT2D eigenvalue weighted by molar-refractivity contribution is 0.590. The SMILES string of the molecule is C.CC(=N)c1ccc(C(C)(C)C)cc1. The number of benzene rings is 1. The number of nitrogens with one attached hydrogen (secondary N) is 1. The fourth-order valence-corrected chi connectivity index (χ4v) is 1.22. The minimum Gasteiger partial charge on any atom is -0.305 e. The van der Waals surface area contributed by atoms with E-state index in [1.54, 1.807) is 0 Å². The first kappa shape index (κ1) is 12.9. The quantitative estimate of drug-likeness (QED) is 0.649. The molecule has 0 spiro atoms. The maximum atomic E-state index is 7.46. The van der Waals surface area contributed by atoms with E-state index in [2.05, 4.69) is 32.9 Å². The summed E-state index contributed by atoms with van der Waals surface area (Å²) in [5, 5.41) is 7.46. The Hall–Kier alpha value is -1.11. The summed E-state index contributed by atoms with van der Waals surface area (Å²) in [4.78, 5) is 0. The van der Waals surface area contributed by atoms with Crippen LogP contribution < -0.4 is 0 Å². The Balaban J connectivity index is 0.00000169. The van der Waals surface area contributed by atoms with Crippen molar-refractivity contribution < 1.29 is 0 Å². The Morgan fingerprint density at radius 3 is 1.79 bits per heavy atom. The van der Waals surface area contributed by atoms with Crippen molar-refractivity contribution >= 4 is 5.71 Å². The van der Waals surface area contributed by atoms with Crippen LogP contribution in [0.15, 0.2) is 24.3 Å². The molecule has 0 fully saturated rings. The zero-order valence-corrected chi connectivity index (χ0v) is 8.81. The maximum absolute atomic E-state index is 7.46. The predicted octanol–water partition coefficient (Wildman–Crippen LogP) is 4.01. The molecule has 0 atom stereocenters. The molecule has 14 heavy (non-hydrogen) atoms. The van der Waals surface area contributed by atoms with E-state index >= 15 is 0 Å². The molecule has 1 aromatic rings. The van der Waals surface area contributed by atoms with Crippen LogP contribution in [0, 0.1) is 5.41 Å². The van der Waals surface area contributed by atoms with Crippen molar-refractivity contribution in [2.45, 2.75) is 40.5 Å². The van der Waals surface area contributed by atoms with Gasteiger partial charge in [0.2, 0.25) is 0 Å². The lowest BCUT2D eigenvalue weighted by atomic mass is 9.86. The fourth-order valence-electron chi connectivity index (χ4n) is 1.22. The summed E-state index contributed by atoms with van der Waals surface area (Å²) in [7, 11) is 0. The molecule has 0 aliphatic heterocycles. The van der Waals surface area contributed by atoms with Gasteiger partial charge >= 0.3 is 0 Å². The molecule has 0 radical (unpaired) electrons. The monoisotopic (exact) mass is 191 g/mol. The third-order valence-corrected chi connectivity index (χ3v) is 2.18. The van der Waals surface area contributed by atoms with Gasteiger partial charge in [-0.25, -0.2) is 0 Å². The van der Waals surface area contributed by atoms with E-state index in [1.807, 2.05) is 19.1 Å². The van der Waals surface area contributed by atoms with E-state index in [1.165, 1.54) is 5.56 Å². The van der Waals surface area contributed by atoms with E-state index in [9.17, 15) is 0 Å². The normalized spacial score (nSPS) is 10.6.